The third-order valence-electron chi connectivity index (χ3n) is 4.92. The highest BCUT2D eigenvalue weighted by Gasteiger charge is 2.44. The first-order valence-electron chi connectivity index (χ1n) is 8.75. The zero-order valence-electron chi connectivity index (χ0n) is 14.6. The number of aromatic amines is 1. The summed E-state index contributed by atoms with van der Waals surface area (Å²) in [5.74, 6) is 1.01. The average Bonchev–Trinajstić information content (AvgIpc) is 3.07. The van der Waals surface area contributed by atoms with Gasteiger partial charge in [-0.05, 0) is 36.1 Å². The van der Waals surface area contributed by atoms with Gasteiger partial charge in [-0.25, -0.2) is 4.39 Å². The molecule has 1 saturated heterocycles. The van der Waals surface area contributed by atoms with Crippen molar-refractivity contribution in [2.45, 2.75) is 11.8 Å². The number of rotatable bonds is 5. The number of benzene rings is 2. The van der Waals surface area contributed by atoms with Gasteiger partial charge in [-0.15, -0.1) is 11.8 Å². The zero-order chi connectivity index (χ0) is 18.1. The van der Waals surface area contributed by atoms with Gasteiger partial charge in [0.25, 0.3) is 0 Å². The Morgan fingerprint density at radius 1 is 1.23 bits per heavy atom. The van der Waals surface area contributed by atoms with Crippen molar-refractivity contribution in [1.29, 1.82) is 5.26 Å². The van der Waals surface area contributed by atoms with E-state index in [-0.39, 0.29) is 0 Å². The number of nitriles is 1. The topological polar surface area (TPSA) is 42.8 Å². The Morgan fingerprint density at radius 2 is 2.04 bits per heavy atom. The van der Waals surface area contributed by atoms with Gasteiger partial charge >= 0.3 is 0 Å². The standard InChI is InChI=1S/C21H20FN3S/c1-2-26-16-7-8-20(25-13-21(11-22,12-23)14-25)17(10-16)19-9-15-5-3-4-6-18(15)24-19/h3-10,24H,2,11,13-14H2,1H3. The van der Waals surface area contributed by atoms with Crippen LogP contribution in [0.25, 0.3) is 22.2 Å². The molecule has 1 fully saturated rings. The second kappa shape index (κ2) is 6.69. The number of alkyl halides is 1. The van der Waals surface area contributed by atoms with E-state index in [2.05, 4.69) is 59.3 Å². The second-order valence-electron chi connectivity index (χ2n) is 6.76. The fourth-order valence-corrected chi connectivity index (χ4v) is 4.22. The van der Waals surface area contributed by atoms with Gasteiger partial charge < -0.3 is 9.88 Å². The molecule has 5 heteroatoms. The molecule has 0 radical (unpaired) electrons. The van der Waals surface area contributed by atoms with Gasteiger partial charge in [0, 0.05) is 45.8 Å². The highest BCUT2D eigenvalue weighted by atomic mass is 32.2. The number of nitrogens with zero attached hydrogens (tertiary/aromatic N) is 2. The van der Waals surface area contributed by atoms with Crippen molar-refractivity contribution in [3.8, 4) is 17.3 Å². The molecule has 1 aliphatic rings. The Kier molecular flexibility index (Phi) is 4.37. The molecule has 0 bridgehead atoms. The lowest BCUT2D eigenvalue weighted by Gasteiger charge is -2.46. The molecule has 0 aliphatic carbocycles. The second-order valence-corrected chi connectivity index (χ2v) is 8.10. The molecule has 3 aromatic rings. The summed E-state index contributed by atoms with van der Waals surface area (Å²) < 4.78 is 13.3. The van der Waals surface area contributed by atoms with E-state index in [0.717, 1.165) is 28.2 Å². The molecule has 4 rings (SSSR count). The van der Waals surface area contributed by atoms with E-state index >= 15 is 0 Å². The maximum absolute atomic E-state index is 13.3. The highest BCUT2D eigenvalue weighted by Crippen LogP contribution is 2.41. The molecule has 2 aromatic carbocycles. The summed E-state index contributed by atoms with van der Waals surface area (Å²) in [5, 5.41) is 10.4. The molecule has 3 nitrogen and oxygen atoms in total. The number of halogens is 1. The number of para-hydroxylation sites is 1. The van der Waals surface area contributed by atoms with Gasteiger partial charge in [-0.1, -0.05) is 25.1 Å². The van der Waals surface area contributed by atoms with Crippen LogP contribution >= 0.6 is 11.8 Å². The molecule has 0 saturated carbocycles. The van der Waals surface area contributed by atoms with Crippen molar-refractivity contribution in [2.24, 2.45) is 5.41 Å². The summed E-state index contributed by atoms with van der Waals surface area (Å²) in [6.07, 6.45) is 0. The summed E-state index contributed by atoms with van der Waals surface area (Å²) >= 11 is 1.80. The summed E-state index contributed by atoms with van der Waals surface area (Å²) in [6, 6.07) is 18.9. The minimum Gasteiger partial charge on any atom is -0.367 e. The third-order valence-corrected chi connectivity index (χ3v) is 5.80. The first kappa shape index (κ1) is 17.0. The normalized spacial score (nSPS) is 15.7. The van der Waals surface area contributed by atoms with Crippen LogP contribution in [0.15, 0.2) is 53.4 Å². The van der Waals surface area contributed by atoms with E-state index < -0.39 is 12.1 Å². The summed E-state index contributed by atoms with van der Waals surface area (Å²) in [5.41, 5.74) is 3.45. The molecular weight excluding hydrogens is 345 g/mol. The molecule has 0 spiro atoms. The molecule has 1 aliphatic heterocycles. The minimum absolute atomic E-state index is 0.438. The van der Waals surface area contributed by atoms with E-state index in [9.17, 15) is 9.65 Å². The van der Waals surface area contributed by atoms with Crippen LogP contribution in [-0.4, -0.2) is 30.5 Å². The van der Waals surface area contributed by atoms with Gasteiger partial charge in [0.2, 0.25) is 0 Å². The first-order valence-corrected chi connectivity index (χ1v) is 9.74. The monoisotopic (exact) mass is 365 g/mol. The fourth-order valence-electron chi connectivity index (χ4n) is 3.52. The van der Waals surface area contributed by atoms with E-state index in [1.54, 1.807) is 11.8 Å². The lowest BCUT2D eigenvalue weighted by atomic mass is 9.82. The number of anilines is 1. The van der Waals surface area contributed by atoms with E-state index in [1.807, 2.05) is 12.1 Å². The number of thioether (sulfide) groups is 1. The van der Waals surface area contributed by atoms with Crippen molar-refractivity contribution < 1.29 is 4.39 Å². The Morgan fingerprint density at radius 3 is 2.73 bits per heavy atom. The van der Waals surface area contributed by atoms with Gasteiger partial charge in [-0.3, -0.25) is 0 Å². The van der Waals surface area contributed by atoms with E-state index in [0.29, 0.717) is 13.1 Å². The Hall–Kier alpha value is -2.45. The molecule has 0 atom stereocenters. The van der Waals surface area contributed by atoms with Gasteiger partial charge in [0.15, 0.2) is 0 Å². The lowest BCUT2D eigenvalue weighted by Crippen LogP contribution is -2.57. The van der Waals surface area contributed by atoms with Crippen molar-refractivity contribution >= 4 is 28.4 Å². The molecule has 1 aromatic heterocycles. The number of aromatic nitrogens is 1. The highest BCUT2D eigenvalue weighted by molar-refractivity contribution is 7.99. The molecule has 0 unspecified atom stereocenters. The number of H-pyrrole nitrogens is 1. The van der Waals surface area contributed by atoms with Crippen LogP contribution in [0.3, 0.4) is 0 Å². The van der Waals surface area contributed by atoms with E-state index in [4.69, 9.17) is 0 Å². The summed E-state index contributed by atoms with van der Waals surface area (Å²) in [7, 11) is 0. The van der Waals surface area contributed by atoms with Crippen LogP contribution in [0.1, 0.15) is 6.92 Å². The number of hydrogen-bond acceptors (Lipinski definition) is 3. The predicted molar refractivity (Wildman–Crippen MR) is 106 cm³/mol. The number of nitrogens with one attached hydrogen (secondary N) is 1. The quantitative estimate of drug-likeness (QED) is 0.628. The molecule has 2 heterocycles. The fraction of sp³-hybridized carbons (Fsp3) is 0.286. The Balaban J connectivity index is 1.76. The lowest BCUT2D eigenvalue weighted by molar-refractivity contribution is 0.225. The largest absolute Gasteiger partial charge is 0.367 e. The van der Waals surface area contributed by atoms with Gasteiger partial charge in [-0.2, -0.15) is 5.26 Å². The minimum atomic E-state index is -0.853. The SMILES string of the molecule is CCSc1ccc(N2CC(C#N)(CF)C2)c(-c2cc3ccccc3[nH]2)c1. The van der Waals surface area contributed by atoms with Crippen LogP contribution in [0, 0.1) is 16.7 Å². The number of fused-ring (bicyclic) bond motifs is 1. The molecule has 26 heavy (non-hydrogen) atoms. The Bertz CT molecular complexity index is 949. The maximum Gasteiger partial charge on any atom is 0.120 e. The summed E-state index contributed by atoms with van der Waals surface area (Å²) in [4.78, 5) is 6.81. The Labute approximate surface area is 156 Å². The van der Waals surface area contributed by atoms with E-state index in [1.165, 1.54) is 10.3 Å². The van der Waals surface area contributed by atoms with Crippen LogP contribution in [0.5, 0.6) is 0 Å². The van der Waals surface area contributed by atoms with Gasteiger partial charge in [0.1, 0.15) is 12.1 Å². The smallest absolute Gasteiger partial charge is 0.120 e. The average molecular weight is 365 g/mol. The first-order chi connectivity index (χ1) is 12.7. The molecule has 1 N–H and O–H groups in total. The van der Waals surface area contributed by atoms with Crippen molar-refractivity contribution in [1.82, 2.24) is 4.98 Å². The number of hydrogen-bond donors (Lipinski definition) is 1. The van der Waals surface area contributed by atoms with Crippen molar-refractivity contribution in [3.63, 3.8) is 0 Å². The van der Waals surface area contributed by atoms with Crippen LogP contribution in [0.2, 0.25) is 0 Å². The maximum atomic E-state index is 13.3. The van der Waals surface area contributed by atoms with Crippen LogP contribution in [0.4, 0.5) is 10.1 Å². The van der Waals surface area contributed by atoms with Gasteiger partial charge in [0.05, 0.1) is 6.07 Å². The van der Waals surface area contributed by atoms with Crippen molar-refractivity contribution in [3.05, 3.63) is 48.5 Å². The van der Waals surface area contributed by atoms with Crippen LogP contribution in [-0.2, 0) is 0 Å². The molecule has 0 amide bonds. The zero-order valence-corrected chi connectivity index (χ0v) is 15.4. The molecule has 132 valence electrons. The third kappa shape index (κ3) is 2.85. The van der Waals surface area contributed by atoms with Crippen LogP contribution < -0.4 is 4.90 Å². The predicted octanol–water partition coefficient (Wildman–Crippen LogP) is 5.25. The summed E-state index contributed by atoms with van der Waals surface area (Å²) in [6.45, 7) is 2.42. The van der Waals surface area contributed by atoms with Crippen molar-refractivity contribution in [2.75, 3.05) is 30.4 Å². The molecular formula is C21H20FN3S.